The van der Waals surface area contributed by atoms with E-state index in [1.807, 2.05) is 39.1 Å². The first kappa shape index (κ1) is 15.7. The van der Waals surface area contributed by atoms with E-state index in [9.17, 15) is 4.79 Å². The molecule has 0 spiro atoms. The van der Waals surface area contributed by atoms with Gasteiger partial charge in [0.2, 0.25) is 0 Å². The lowest BCUT2D eigenvalue weighted by Gasteiger charge is -2.33. The molecule has 2 atom stereocenters. The summed E-state index contributed by atoms with van der Waals surface area (Å²) >= 11 is 0. The van der Waals surface area contributed by atoms with Crippen molar-refractivity contribution in [2.75, 3.05) is 20.1 Å². The number of piperidine rings is 1. The largest absolute Gasteiger partial charge is 0.481 e. The summed E-state index contributed by atoms with van der Waals surface area (Å²) in [6, 6.07) is 10.3. The van der Waals surface area contributed by atoms with E-state index in [0.29, 0.717) is 12.5 Å². The van der Waals surface area contributed by atoms with Gasteiger partial charge < -0.3 is 10.0 Å². The van der Waals surface area contributed by atoms with Crippen molar-refractivity contribution < 1.29 is 9.90 Å². The molecular formula is C16H25NO2. The van der Waals surface area contributed by atoms with Gasteiger partial charge in [0.15, 0.2) is 0 Å². The van der Waals surface area contributed by atoms with Crippen molar-refractivity contribution in [1.82, 2.24) is 4.90 Å². The Morgan fingerprint density at radius 3 is 2.47 bits per heavy atom. The fourth-order valence-corrected chi connectivity index (χ4v) is 2.72. The number of rotatable bonds is 3. The van der Waals surface area contributed by atoms with Gasteiger partial charge in [-0.1, -0.05) is 44.2 Å². The molecular weight excluding hydrogens is 238 g/mol. The molecule has 2 unspecified atom stereocenters. The van der Waals surface area contributed by atoms with Crippen LogP contribution in [0.4, 0.5) is 0 Å². The number of hydrogen-bond donors (Lipinski definition) is 1. The highest BCUT2D eigenvalue weighted by atomic mass is 16.4. The SMILES string of the molecule is CC.CN1CC(Cc2ccccc2)CC(C(=O)O)C1. The first-order valence-corrected chi connectivity index (χ1v) is 7.10. The maximum Gasteiger partial charge on any atom is 0.307 e. The zero-order valence-electron chi connectivity index (χ0n) is 12.2. The second kappa shape index (κ2) is 7.95. The van der Waals surface area contributed by atoms with Crippen LogP contribution in [0.3, 0.4) is 0 Å². The molecule has 0 radical (unpaired) electrons. The van der Waals surface area contributed by atoms with Crippen LogP contribution in [0.1, 0.15) is 25.8 Å². The summed E-state index contributed by atoms with van der Waals surface area (Å²) in [5, 5.41) is 9.11. The van der Waals surface area contributed by atoms with Crippen molar-refractivity contribution in [2.45, 2.75) is 26.7 Å². The highest BCUT2D eigenvalue weighted by Gasteiger charge is 2.29. The molecule has 2 rings (SSSR count). The fourth-order valence-electron chi connectivity index (χ4n) is 2.72. The first-order chi connectivity index (χ1) is 9.15. The maximum atomic E-state index is 11.1. The molecule has 0 bridgehead atoms. The smallest absolute Gasteiger partial charge is 0.307 e. The third-order valence-corrected chi connectivity index (χ3v) is 3.44. The summed E-state index contributed by atoms with van der Waals surface area (Å²) in [5.74, 6) is -0.408. The average molecular weight is 263 g/mol. The Balaban J connectivity index is 0.000000861. The minimum absolute atomic E-state index is 0.206. The van der Waals surface area contributed by atoms with Gasteiger partial charge >= 0.3 is 5.97 Å². The zero-order chi connectivity index (χ0) is 14.3. The molecule has 1 saturated heterocycles. The van der Waals surface area contributed by atoms with Gasteiger partial charge in [0, 0.05) is 13.1 Å². The topological polar surface area (TPSA) is 40.5 Å². The highest BCUT2D eigenvalue weighted by Crippen LogP contribution is 2.24. The van der Waals surface area contributed by atoms with Crippen molar-refractivity contribution >= 4 is 5.97 Å². The molecule has 0 aromatic heterocycles. The van der Waals surface area contributed by atoms with Gasteiger partial charge in [0.25, 0.3) is 0 Å². The van der Waals surface area contributed by atoms with Gasteiger partial charge in [-0.05, 0) is 31.4 Å². The van der Waals surface area contributed by atoms with Crippen molar-refractivity contribution in [3.8, 4) is 0 Å². The Bertz CT molecular complexity index is 378. The van der Waals surface area contributed by atoms with Gasteiger partial charge in [0.05, 0.1) is 5.92 Å². The van der Waals surface area contributed by atoms with Gasteiger partial charge in [-0.3, -0.25) is 4.79 Å². The first-order valence-electron chi connectivity index (χ1n) is 7.10. The Hall–Kier alpha value is -1.35. The van der Waals surface area contributed by atoms with E-state index < -0.39 is 5.97 Å². The monoisotopic (exact) mass is 263 g/mol. The van der Waals surface area contributed by atoms with E-state index >= 15 is 0 Å². The second-order valence-electron chi connectivity index (χ2n) is 5.05. The van der Waals surface area contributed by atoms with Crippen LogP contribution in [-0.4, -0.2) is 36.1 Å². The Kier molecular flexibility index (Phi) is 6.57. The van der Waals surface area contributed by atoms with Crippen LogP contribution < -0.4 is 0 Å². The molecule has 3 nitrogen and oxygen atoms in total. The Morgan fingerprint density at radius 1 is 1.26 bits per heavy atom. The van der Waals surface area contributed by atoms with Crippen LogP contribution >= 0.6 is 0 Å². The molecule has 1 aliphatic rings. The average Bonchev–Trinajstić information content (AvgIpc) is 2.41. The van der Waals surface area contributed by atoms with E-state index in [4.69, 9.17) is 5.11 Å². The summed E-state index contributed by atoms with van der Waals surface area (Å²) in [7, 11) is 2.01. The third kappa shape index (κ3) is 5.03. The number of nitrogens with zero attached hydrogens (tertiary/aromatic N) is 1. The Labute approximate surface area is 116 Å². The summed E-state index contributed by atoms with van der Waals surface area (Å²) in [5.41, 5.74) is 1.30. The quantitative estimate of drug-likeness (QED) is 0.911. The Morgan fingerprint density at radius 2 is 1.89 bits per heavy atom. The fraction of sp³-hybridized carbons (Fsp3) is 0.562. The summed E-state index contributed by atoms with van der Waals surface area (Å²) < 4.78 is 0. The molecule has 3 heteroatoms. The standard InChI is InChI=1S/C14H19NO2.C2H6/c1-15-9-12(8-13(10-15)14(16)17)7-11-5-3-2-4-6-11;1-2/h2-6,12-13H,7-10H2,1H3,(H,16,17);1-2H3. The number of carboxylic acids is 1. The van der Waals surface area contributed by atoms with Crippen molar-refractivity contribution in [2.24, 2.45) is 11.8 Å². The summed E-state index contributed by atoms with van der Waals surface area (Å²) in [4.78, 5) is 13.2. The van der Waals surface area contributed by atoms with Crippen molar-refractivity contribution in [3.05, 3.63) is 35.9 Å². The lowest BCUT2D eigenvalue weighted by Crippen LogP contribution is -2.41. The van der Waals surface area contributed by atoms with Crippen molar-refractivity contribution in [1.29, 1.82) is 0 Å². The van der Waals surface area contributed by atoms with E-state index in [2.05, 4.69) is 17.0 Å². The molecule has 1 heterocycles. The molecule has 0 saturated carbocycles. The molecule has 1 aromatic carbocycles. The second-order valence-corrected chi connectivity index (χ2v) is 5.05. The maximum absolute atomic E-state index is 11.1. The molecule has 0 aliphatic carbocycles. The highest BCUT2D eigenvalue weighted by molar-refractivity contribution is 5.70. The molecule has 1 N–H and O–H groups in total. The van der Waals surface area contributed by atoms with E-state index in [-0.39, 0.29) is 5.92 Å². The number of benzene rings is 1. The van der Waals surface area contributed by atoms with Gasteiger partial charge in [-0.2, -0.15) is 0 Å². The van der Waals surface area contributed by atoms with Crippen molar-refractivity contribution in [3.63, 3.8) is 0 Å². The van der Waals surface area contributed by atoms with Crippen LogP contribution in [0.5, 0.6) is 0 Å². The van der Waals surface area contributed by atoms with E-state index in [1.54, 1.807) is 0 Å². The van der Waals surface area contributed by atoms with Crippen LogP contribution in [0.25, 0.3) is 0 Å². The zero-order valence-corrected chi connectivity index (χ0v) is 12.2. The third-order valence-electron chi connectivity index (χ3n) is 3.44. The van der Waals surface area contributed by atoms with E-state index in [1.165, 1.54) is 5.56 Å². The molecule has 1 fully saturated rings. The number of aliphatic carboxylic acids is 1. The number of likely N-dealkylation sites (tertiary alicyclic amines) is 1. The lowest BCUT2D eigenvalue weighted by molar-refractivity contribution is -0.144. The van der Waals surface area contributed by atoms with Crippen LogP contribution in [0.15, 0.2) is 30.3 Å². The van der Waals surface area contributed by atoms with Crippen LogP contribution in [0.2, 0.25) is 0 Å². The molecule has 1 aromatic rings. The molecule has 0 amide bonds. The predicted octanol–water partition coefficient (Wildman–Crippen LogP) is 2.91. The molecule has 106 valence electrons. The van der Waals surface area contributed by atoms with Crippen LogP contribution in [0, 0.1) is 11.8 Å². The number of carbonyl (C=O) groups is 1. The molecule has 1 aliphatic heterocycles. The summed E-state index contributed by atoms with van der Waals surface area (Å²) in [6.07, 6.45) is 1.78. The van der Waals surface area contributed by atoms with Gasteiger partial charge in [-0.25, -0.2) is 0 Å². The lowest BCUT2D eigenvalue weighted by atomic mass is 9.85. The number of hydrogen-bond acceptors (Lipinski definition) is 2. The number of carboxylic acid groups (broad SMARTS) is 1. The summed E-state index contributed by atoms with van der Waals surface area (Å²) in [6.45, 7) is 5.68. The normalized spacial score (nSPS) is 23.3. The minimum atomic E-state index is -0.658. The minimum Gasteiger partial charge on any atom is -0.481 e. The molecule has 19 heavy (non-hydrogen) atoms. The van der Waals surface area contributed by atoms with Gasteiger partial charge in [0.1, 0.15) is 0 Å². The van der Waals surface area contributed by atoms with Gasteiger partial charge in [-0.15, -0.1) is 0 Å². The predicted molar refractivity (Wildman–Crippen MR) is 78.2 cm³/mol. The van der Waals surface area contributed by atoms with Crippen LogP contribution in [-0.2, 0) is 11.2 Å². The van der Waals surface area contributed by atoms with E-state index in [0.717, 1.165) is 19.4 Å².